The number of nitrogens with zero attached hydrogens (tertiary/aromatic N) is 1. The maximum absolute atomic E-state index is 11.7. The third-order valence-electron chi connectivity index (χ3n) is 2.47. The Labute approximate surface area is 111 Å². The van der Waals surface area contributed by atoms with Crippen molar-refractivity contribution in [1.82, 2.24) is 4.98 Å². The fourth-order valence-corrected chi connectivity index (χ4v) is 1.53. The highest BCUT2D eigenvalue weighted by atomic mass is 16.5. The summed E-state index contributed by atoms with van der Waals surface area (Å²) in [6, 6.07) is 10.9. The van der Waals surface area contributed by atoms with Crippen LogP contribution in [0.1, 0.15) is 5.56 Å². The topological polar surface area (TPSA) is 51.2 Å². The molecule has 2 aromatic rings. The number of pyridine rings is 1. The lowest BCUT2D eigenvalue weighted by atomic mass is 10.2. The van der Waals surface area contributed by atoms with Crippen molar-refractivity contribution < 1.29 is 9.53 Å². The van der Waals surface area contributed by atoms with Crippen molar-refractivity contribution in [3.8, 4) is 5.75 Å². The molecule has 4 heteroatoms. The van der Waals surface area contributed by atoms with Gasteiger partial charge in [0.25, 0.3) is 0 Å². The minimum Gasteiger partial charge on any atom is -0.497 e. The summed E-state index contributed by atoms with van der Waals surface area (Å²) in [5, 5.41) is 2.77. The van der Waals surface area contributed by atoms with Gasteiger partial charge in [0, 0.05) is 30.2 Å². The second kappa shape index (κ2) is 6.35. The summed E-state index contributed by atoms with van der Waals surface area (Å²) in [4.78, 5) is 15.6. The Morgan fingerprint density at radius 2 is 2.05 bits per heavy atom. The van der Waals surface area contributed by atoms with E-state index >= 15 is 0 Å². The summed E-state index contributed by atoms with van der Waals surface area (Å²) < 4.78 is 5.09. The first kappa shape index (κ1) is 12.8. The molecule has 0 saturated carbocycles. The zero-order valence-corrected chi connectivity index (χ0v) is 10.5. The monoisotopic (exact) mass is 254 g/mol. The molecule has 0 unspecified atom stereocenters. The molecule has 0 fully saturated rings. The second-order valence-electron chi connectivity index (χ2n) is 3.84. The first-order valence-electron chi connectivity index (χ1n) is 5.81. The number of methoxy groups -OCH3 is 1. The summed E-state index contributed by atoms with van der Waals surface area (Å²) in [7, 11) is 1.59. The number of carbonyl (C=O) groups excluding carboxylic acids is 1. The quantitative estimate of drug-likeness (QED) is 0.853. The van der Waals surface area contributed by atoms with Crippen LogP contribution < -0.4 is 10.1 Å². The van der Waals surface area contributed by atoms with Crippen LogP contribution in [-0.2, 0) is 4.79 Å². The van der Waals surface area contributed by atoms with Crippen LogP contribution >= 0.6 is 0 Å². The van der Waals surface area contributed by atoms with E-state index in [1.807, 2.05) is 24.3 Å². The average molecular weight is 254 g/mol. The van der Waals surface area contributed by atoms with Gasteiger partial charge in [-0.25, -0.2) is 0 Å². The molecule has 1 aromatic carbocycles. The Balaban J connectivity index is 1.99. The molecule has 1 N–H and O–H groups in total. The van der Waals surface area contributed by atoms with Crippen LogP contribution in [0, 0.1) is 0 Å². The lowest BCUT2D eigenvalue weighted by Gasteiger charge is -2.04. The average Bonchev–Trinajstić information content (AvgIpc) is 2.46. The van der Waals surface area contributed by atoms with Gasteiger partial charge in [-0.15, -0.1) is 0 Å². The molecular formula is C15H14N2O2. The molecule has 0 aliphatic heterocycles. The van der Waals surface area contributed by atoms with E-state index in [9.17, 15) is 4.79 Å². The minimum absolute atomic E-state index is 0.190. The first-order valence-corrected chi connectivity index (χ1v) is 5.81. The van der Waals surface area contributed by atoms with Gasteiger partial charge in [-0.2, -0.15) is 0 Å². The Hall–Kier alpha value is -2.62. The lowest BCUT2D eigenvalue weighted by Crippen LogP contribution is -2.07. The van der Waals surface area contributed by atoms with Crippen molar-refractivity contribution in [2.75, 3.05) is 12.4 Å². The normalized spacial score (nSPS) is 10.4. The van der Waals surface area contributed by atoms with Crippen LogP contribution in [0.25, 0.3) is 6.08 Å². The summed E-state index contributed by atoms with van der Waals surface area (Å²) in [5.74, 6) is 0.515. The van der Waals surface area contributed by atoms with E-state index in [1.165, 1.54) is 6.08 Å². The summed E-state index contributed by atoms with van der Waals surface area (Å²) in [6.07, 6.45) is 6.57. The molecule has 2 rings (SSSR count). The first-order chi connectivity index (χ1) is 9.28. The Kier molecular flexibility index (Phi) is 4.29. The third-order valence-corrected chi connectivity index (χ3v) is 2.47. The number of ether oxygens (including phenoxy) is 1. The minimum atomic E-state index is -0.190. The Morgan fingerprint density at radius 1 is 1.26 bits per heavy atom. The van der Waals surface area contributed by atoms with Gasteiger partial charge in [0.15, 0.2) is 0 Å². The van der Waals surface area contributed by atoms with Crippen molar-refractivity contribution in [2.24, 2.45) is 0 Å². The van der Waals surface area contributed by atoms with Gasteiger partial charge in [-0.05, 0) is 35.9 Å². The van der Waals surface area contributed by atoms with E-state index in [1.54, 1.807) is 37.7 Å². The number of benzene rings is 1. The molecule has 0 aliphatic rings. The van der Waals surface area contributed by atoms with Crippen LogP contribution in [0.2, 0.25) is 0 Å². The number of aromatic nitrogens is 1. The molecule has 96 valence electrons. The molecule has 0 atom stereocenters. The highest BCUT2D eigenvalue weighted by Crippen LogP contribution is 2.16. The third kappa shape index (κ3) is 3.96. The lowest BCUT2D eigenvalue weighted by molar-refractivity contribution is -0.111. The van der Waals surface area contributed by atoms with E-state index in [-0.39, 0.29) is 5.91 Å². The largest absolute Gasteiger partial charge is 0.497 e. The van der Waals surface area contributed by atoms with Gasteiger partial charge in [0.05, 0.1) is 7.11 Å². The maximum atomic E-state index is 11.7. The fraction of sp³-hybridized carbons (Fsp3) is 0.0667. The van der Waals surface area contributed by atoms with Gasteiger partial charge in [0.2, 0.25) is 5.91 Å². The zero-order valence-electron chi connectivity index (χ0n) is 10.5. The predicted molar refractivity (Wildman–Crippen MR) is 74.9 cm³/mol. The molecule has 19 heavy (non-hydrogen) atoms. The molecule has 0 radical (unpaired) electrons. The summed E-state index contributed by atoms with van der Waals surface area (Å²) in [6.45, 7) is 0. The summed E-state index contributed by atoms with van der Waals surface area (Å²) >= 11 is 0. The van der Waals surface area contributed by atoms with Crippen molar-refractivity contribution in [3.63, 3.8) is 0 Å². The molecule has 0 saturated heterocycles. The van der Waals surface area contributed by atoms with E-state index in [4.69, 9.17) is 4.74 Å². The second-order valence-corrected chi connectivity index (χ2v) is 3.84. The molecule has 1 heterocycles. The zero-order chi connectivity index (χ0) is 13.5. The standard InChI is InChI=1S/C15H14N2O2/c1-19-14-4-2-3-13(11-14)17-15(18)6-5-12-7-9-16-10-8-12/h2-11H,1H3,(H,17,18). The van der Waals surface area contributed by atoms with Crippen molar-refractivity contribution >= 4 is 17.7 Å². The SMILES string of the molecule is COc1cccc(NC(=O)C=Cc2ccncc2)c1. The molecule has 1 aromatic heterocycles. The van der Waals surface area contributed by atoms with Gasteiger partial charge in [0.1, 0.15) is 5.75 Å². The number of nitrogens with one attached hydrogen (secondary N) is 1. The molecule has 0 spiro atoms. The molecule has 0 bridgehead atoms. The van der Waals surface area contributed by atoms with Gasteiger partial charge < -0.3 is 10.1 Å². The highest BCUT2D eigenvalue weighted by molar-refractivity contribution is 6.01. The number of rotatable bonds is 4. The number of amides is 1. The molecular weight excluding hydrogens is 240 g/mol. The van der Waals surface area contributed by atoms with Crippen LogP contribution in [0.4, 0.5) is 5.69 Å². The molecule has 4 nitrogen and oxygen atoms in total. The summed E-state index contributed by atoms with van der Waals surface area (Å²) in [5.41, 5.74) is 1.62. The number of anilines is 1. The van der Waals surface area contributed by atoms with E-state index in [0.717, 1.165) is 5.56 Å². The van der Waals surface area contributed by atoms with Gasteiger partial charge >= 0.3 is 0 Å². The maximum Gasteiger partial charge on any atom is 0.248 e. The van der Waals surface area contributed by atoms with E-state index in [2.05, 4.69) is 10.3 Å². The smallest absolute Gasteiger partial charge is 0.248 e. The number of hydrogen-bond donors (Lipinski definition) is 1. The van der Waals surface area contributed by atoms with E-state index in [0.29, 0.717) is 11.4 Å². The molecule has 0 aliphatic carbocycles. The van der Waals surface area contributed by atoms with Gasteiger partial charge in [-0.1, -0.05) is 6.07 Å². The van der Waals surface area contributed by atoms with Crippen molar-refractivity contribution in [3.05, 3.63) is 60.4 Å². The Morgan fingerprint density at radius 3 is 2.79 bits per heavy atom. The fourth-order valence-electron chi connectivity index (χ4n) is 1.53. The molecule has 1 amide bonds. The van der Waals surface area contributed by atoms with Crippen LogP contribution in [-0.4, -0.2) is 18.0 Å². The number of carbonyl (C=O) groups is 1. The predicted octanol–water partition coefficient (Wildman–Crippen LogP) is 2.74. The highest BCUT2D eigenvalue weighted by Gasteiger charge is 1.99. The van der Waals surface area contributed by atoms with Crippen LogP contribution in [0.15, 0.2) is 54.9 Å². The van der Waals surface area contributed by atoms with Crippen LogP contribution in [0.3, 0.4) is 0 Å². The van der Waals surface area contributed by atoms with Crippen LogP contribution in [0.5, 0.6) is 5.75 Å². The van der Waals surface area contributed by atoms with Gasteiger partial charge in [-0.3, -0.25) is 9.78 Å². The Bertz CT molecular complexity index is 580. The van der Waals surface area contributed by atoms with Crippen molar-refractivity contribution in [1.29, 1.82) is 0 Å². The number of hydrogen-bond acceptors (Lipinski definition) is 3. The van der Waals surface area contributed by atoms with Crippen molar-refractivity contribution in [2.45, 2.75) is 0 Å². The van der Waals surface area contributed by atoms with E-state index < -0.39 is 0 Å².